The molecule has 0 atom stereocenters. The van der Waals surface area contributed by atoms with Crippen molar-refractivity contribution in [2.24, 2.45) is 0 Å². The lowest BCUT2D eigenvalue weighted by Gasteiger charge is -2.41. The van der Waals surface area contributed by atoms with Gasteiger partial charge in [0.2, 0.25) is 10.0 Å². The summed E-state index contributed by atoms with van der Waals surface area (Å²) in [6.07, 6.45) is 1.34. The van der Waals surface area contributed by atoms with Crippen LogP contribution in [0.3, 0.4) is 0 Å². The molecule has 9 heteroatoms. The maximum atomic E-state index is 13.1. The van der Waals surface area contributed by atoms with Crippen molar-refractivity contribution < 1.29 is 18.1 Å². The third-order valence-corrected chi connectivity index (χ3v) is 7.69. The number of nitrogens with zero attached hydrogens (tertiary/aromatic N) is 3. The van der Waals surface area contributed by atoms with Gasteiger partial charge >= 0.3 is 0 Å². The number of aryl methyl sites for hydroxylation is 1. The average Bonchev–Trinajstić information content (AvgIpc) is 2.73. The molecule has 2 aliphatic heterocycles. The summed E-state index contributed by atoms with van der Waals surface area (Å²) in [5.41, 5.74) is 2.58. The van der Waals surface area contributed by atoms with E-state index in [9.17, 15) is 18.5 Å². The van der Waals surface area contributed by atoms with Crippen LogP contribution in [0.4, 0.5) is 11.4 Å². The van der Waals surface area contributed by atoms with E-state index in [1.54, 1.807) is 6.92 Å². The van der Waals surface area contributed by atoms with Gasteiger partial charge in [0.25, 0.3) is 5.69 Å². The Labute approximate surface area is 169 Å². The van der Waals surface area contributed by atoms with Gasteiger partial charge in [-0.1, -0.05) is 24.3 Å². The number of nitro benzene ring substituents is 1. The number of fused-ring (bicyclic) bond motifs is 1. The number of rotatable bonds is 4. The molecule has 1 saturated heterocycles. The minimum Gasteiger partial charge on any atom is -0.356 e. The number of piperidine rings is 1. The van der Waals surface area contributed by atoms with Crippen molar-refractivity contribution in [3.8, 4) is 0 Å². The molecule has 0 aromatic heterocycles. The van der Waals surface area contributed by atoms with Crippen molar-refractivity contribution in [1.29, 1.82) is 0 Å². The molecule has 8 nitrogen and oxygen atoms in total. The monoisotopic (exact) mass is 417 g/mol. The Hall–Kier alpha value is -2.49. The van der Waals surface area contributed by atoms with Crippen LogP contribution in [0.2, 0.25) is 0 Å². The van der Waals surface area contributed by atoms with Crippen molar-refractivity contribution >= 4 is 21.4 Å². The number of hydrogen-bond acceptors (Lipinski definition) is 6. The van der Waals surface area contributed by atoms with Crippen molar-refractivity contribution in [3.05, 3.63) is 63.7 Å². The molecule has 2 aromatic rings. The number of anilines is 1. The Morgan fingerprint density at radius 3 is 2.59 bits per heavy atom. The van der Waals surface area contributed by atoms with Crippen LogP contribution in [-0.2, 0) is 21.4 Å². The summed E-state index contributed by atoms with van der Waals surface area (Å²) in [5, 5.41) is 11.1. The predicted molar refractivity (Wildman–Crippen MR) is 108 cm³/mol. The molecule has 154 valence electrons. The molecule has 2 aromatic carbocycles. The van der Waals surface area contributed by atoms with Crippen LogP contribution in [0.15, 0.2) is 47.4 Å². The van der Waals surface area contributed by atoms with Crippen molar-refractivity contribution in [2.45, 2.75) is 37.3 Å². The molecule has 0 saturated carbocycles. The fourth-order valence-corrected chi connectivity index (χ4v) is 5.77. The number of ether oxygens (including phenoxy) is 1. The second-order valence-corrected chi connectivity index (χ2v) is 9.32. The largest absolute Gasteiger partial charge is 0.356 e. The molecule has 0 radical (unpaired) electrons. The summed E-state index contributed by atoms with van der Waals surface area (Å²) in [6, 6.07) is 12.3. The molecule has 4 rings (SSSR count). The van der Waals surface area contributed by atoms with Gasteiger partial charge in [-0.3, -0.25) is 10.1 Å². The second-order valence-electron chi connectivity index (χ2n) is 7.42. The number of para-hydroxylation sites is 1. The third kappa shape index (κ3) is 3.73. The van der Waals surface area contributed by atoms with Crippen LogP contribution in [0.5, 0.6) is 0 Å². The molecule has 29 heavy (non-hydrogen) atoms. The maximum absolute atomic E-state index is 13.1. The fraction of sp³-hybridized carbons (Fsp3) is 0.400. The molecule has 2 heterocycles. The number of non-ortho nitro benzene ring substituents is 1. The minimum absolute atomic E-state index is 0.0109. The molecule has 0 spiro atoms. The molecule has 2 aliphatic rings. The summed E-state index contributed by atoms with van der Waals surface area (Å²) in [7, 11) is -3.78. The van der Waals surface area contributed by atoms with E-state index >= 15 is 0 Å². The first kappa shape index (κ1) is 19.8. The first-order valence-corrected chi connectivity index (χ1v) is 11.0. The highest BCUT2D eigenvalue weighted by atomic mass is 32.2. The van der Waals surface area contributed by atoms with E-state index in [4.69, 9.17) is 4.74 Å². The molecule has 0 aliphatic carbocycles. The lowest BCUT2D eigenvalue weighted by atomic mass is 10.0. The molecule has 0 amide bonds. The van der Waals surface area contributed by atoms with Gasteiger partial charge in [-0.25, -0.2) is 8.42 Å². The smallest absolute Gasteiger partial charge is 0.270 e. The summed E-state index contributed by atoms with van der Waals surface area (Å²) in [5.74, 6) is 0. The highest BCUT2D eigenvalue weighted by Crippen LogP contribution is 2.32. The summed E-state index contributed by atoms with van der Waals surface area (Å²) < 4.78 is 33.4. The zero-order chi connectivity index (χ0) is 20.6. The first-order chi connectivity index (χ1) is 13.9. The van der Waals surface area contributed by atoms with Crippen molar-refractivity contribution in [3.63, 3.8) is 0 Å². The summed E-state index contributed by atoms with van der Waals surface area (Å²) in [4.78, 5) is 12.7. The van der Waals surface area contributed by atoms with Gasteiger partial charge in [0.15, 0.2) is 0 Å². The predicted octanol–water partition coefficient (Wildman–Crippen LogP) is 3.05. The molecule has 0 bridgehead atoms. The van der Waals surface area contributed by atoms with Crippen molar-refractivity contribution in [2.75, 3.05) is 24.7 Å². The molecular formula is C20H23N3O5S. The molecule has 1 fully saturated rings. The zero-order valence-corrected chi connectivity index (χ0v) is 17.0. The van der Waals surface area contributed by atoms with Crippen molar-refractivity contribution in [1.82, 2.24) is 4.31 Å². The Bertz CT molecular complexity index is 1030. The molecular weight excluding hydrogens is 394 g/mol. The average molecular weight is 417 g/mol. The van der Waals surface area contributed by atoms with Gasteiger partial charge in [0.1, 0.15) is 6.73 Å². The zero-order valence-electron chi connectivity index (χ0n) is 16.2. The van der Waals surface area contributed by atoms with E-state index in [1.165, 1.54) is 16.4 Å². The number of sulfonamides is 1. The van der Waals surface area contributed by atoms with Crippen LogP contribution >= 0.6 is 0 Å². The van der Waals surface area contributed by atoms with Crippen LogP contribution < -0.4 is 4.90 Å². The van der Waals surface area contributed by atoms with E-state index in [0.717, 1.165) is 17.3 Å². The van der Waals surface area contributed by atoms with E-state index in [-0.39, 0.29) is 16.6 Å². The summed E-state index contributed by atoms with van der Waals surface area (Å²) in [6.45, 7) is 3.48. The van der Waals surface area contributed by atoms with Crippen LogP contribution in [0.1, 0.15) is 24.0 Å². The van der Waals surface area contributed by atoms with Gasteiger partial charge in [-0.2, -0.15) is 4.31 Å². The van der Waals surface area contributed by atoms with E-state index in [1.807, 2.05) is 18.2 Å². The molecule has 0 N–H and O–H groups in total. The number of nitro groups is 1. The third-order valence-electron chi connectivity index (χ3n) is 5.65. The normalized spacial score (nSPS) is 18.4. The Kier molecular flexibility index (Phi) is 5.28. The minimum atomic E-state index is -3.78. The Morgan fingerprint density at radius 2 is 1.86 bits per heavy atom. The van der Waals surface area contributed by atoms with Crippen LogP contribution in [0.25, 0.3) is 0 Å². The van der Waals surface area contributed by atoms with E-state index < -0.39 is 14.9 Å². The topological polar surface area (TPSA) is 93.0 Å². The quantitative estimate of drug-likeness (QED) is 0.561. The van der Waals surface area contributed by atoms with E-state index in [0.29, 0.717) is 44.8 Å². The highest BCUT2D eigenvalue weighted by molar-refractivity contribution is 7.89. The van der Waals surface area contributed by atoms with Gasteiger partial charge in [-0.15, -0.1) is 0 Å². The Morgan fingerprint density at radius 1 is 1.14 bits per heavy atom. The van der Waals surface area contributed by atoms with Gasteiger partial charge in [0.05, 0.1) is 16.4 Å². The lowest BCUT2D eigenvalue weighted by Crippen LogP contribution is -2.48. The van der Waals surface area contributed by atoms with Gasteiger partial charge in [0, 0.05) is 42.5 Å². The first-order valence-electron chi connectivity index (χ1n) is 9.55. The second kappa shape index (κ2) is 7.74. The van der Waals surface area contributed by atoms with E-state index in [2.05, 4.69) is 11.0 Å². The van der Waals surface area contributed by atoms with Crippen LogP contribution in [-0.4, -0.2) is 43.5 Å². The number of hydrogen-bond donors (Lipinski definition) is 0. The van der Waals surface area contributed by atoms with Crippen LogP contribution in [0, 0.1) is 17.0 Å². The summed E-state index contributed by atoms with van der Waals surface area (Å²) >= 11 is 0. The fourth-order valence-electron chi connectivity index (χ4n) is 4.05. The Balaban J connectivity index is 1.52. The van der Waals surface area contributed by atoms with Gasteiger partial charge < -0.3 is 9.64 Å². The standard InChI is InChI=1S/C20H23N3O5S/c1-15-6-7-18(23(24)25)12-20(15)29(26,27)21-10-8-17(9-11-21)22-14-28-13-16-4-2-3-5-19(16)22/h2-7,12,17H,8-11,13-14H2,1H3. The highest BCUT2D eigenvalue weighted by Gasteiger charge is 2.34. The lowest BCUT2D eigenvalue weighted by molar-refractivity contribution is -0.385. The maximum Gasteiger partial charge on any atom is 0.270 e. The SMILES string of the molecule is Cc1ccc([N+](=O)[O-])cc1S(=O)(=O)N1CCC(N2COCc3ccccc32)CC1. The number of benzene rings is 2. The van der Waals surface area contributed by atoms with Gasteiger partial charge in [-0.05, 0) is 31.4 Å². The molecule has 0 unspecified atom stereocenters.